The number of nitrogens with zero attached hydrogens (tertiary/aromatic N) is 2. The first kappa shape index (κ1) is 28.1. The zero-order chi connectivity index (χ0) is 27.9. The Morgan fingerprint density at radius 2 is 1.80 bits per heavy atom. The molecule has 0 saturated carbocycles. The number of carbonyl (C=O) groups is 1. The molecule has 0 radical (unpaired) electrons. The number of benzene rings is 3. The Morgan fingerprint density at radius 3 is 2.55 bits per heavy atom. The van der Waals surface area contributed by atoms with Crippen LogP contribution in [0.5, 0.6) is 11.5 Å². The summed E-state index contributed by atoms with van der Waals surface area (Å²) in [5, 5.41) is 1.04. The summed E-state index contributed by atoms with van der Waals surface area (Å²) in [5.41, 5.74) is 2.69. The Morgan fingerprint density at radius 1 is 1.00 bits per heavy atom. The van der Waals surface area contributed by atoms with Crippen molar-refractivity contribution in [1.82, 2.24) is 4.90 Å². The van der Waals surface area contributed by atoms with Gasteiger partial charge in [0.25, 0.3) is 0 Å². The van der Waals surface area contributed by atoms with E-state index in [2.05, 4.69) is 11.5 Å². The minimum atomic E-state index is -0.607. The number of halogens is 2. The van der Waals surface area contributed by atoms with Crippen molar-refractivity contribution in [2.45, 2.75) is 12.6 Å². The zero-order valence-electron chi connectivity index (χ0n) is 21.9. The Balaban J connectivity index is 1.09. The van der Waals surface area contributed by atoms with Gasteiger partial charge in [-0.3, -0.25) is 4.79 Å². The first-order valence-electron chi connectivity index (χ1n) is 13.0. The van der Waals surface area contributed by atoms with Crippen molar-refractivity contribution in [2.24, 2.45) is 0 Å². The number of ether oxygens (including phenoxy) is 4. The smallest absolute Gasteiger partial charge is 0.246 e. The fourth-order valence-electron chi connectivity index (χ4n) is 4.51. The van der Waals surface area contributed by atoms with Crippen LogP contribution in [-0.4, -0.2) is 56.5 Å². The minimum Gasteiger partial charge on any atom is -0.490 e. The van der Waals surface area contributed by atoms with Crippen LogP contribution in [0, 0.1) is 0 Å². The lowest BCUT2D eigenvalue weighted by Gasteiger charge is -2.35. The standard InChI is InChI=1S/C31H30Cl2N2O5/c1-2-18-37-26-5-3-4-22(19-26)6-13-29(36)35-16-14-34(15-17-35)24-8-10-25(11-9-24)39-30-21-38-31(40-30)27-12-7-23(32)20-28(27)33/h2-13,19-20,30-31H,1,14-18,21H2/b13-6+. The van der Waals surface area contributed by atoms with Crippen LogP contribution in [0.3, 0.4) is 0 Å². The maximum atomic E-state index is 12.8. The summed E-state index contributed by atoms with van der Waals surface area (Å²) in [6.45, 7) is 7.16. The van der Waals surface area contributed by atoms with Crippen LogP contribution in [-0.2, 0) is 14.3 Å². The molecule has 3 aromatic carbocycles. The number of anilines is 1. The monoisotopic (exact) mass is 580 g/mol. The van der Waals surface area contributed by atoms with Crippen LogP contribution >= 0.6 is 23.2 Å². The van der Waals surface area contributed by atoms with Crippen molar-refractivity contribution in [1.29, 1.82) is 0 Å². The molecular formula is C31H30Cl2N2O5. The largest absolute Gasteiger partial charge is 0.490 e. The molecule has 208 valence electrons. The van der Waals surface area contributed by atoms with E-state index in [-0.39, 0.29) is 12.5 Å². The molecule has 5 rings (SSSR count). The second kappa shape index (κ2) is 13.2. The molecule has 0 N–H and O–H groups in total. The molecule has 9 heteroatoms. The molecule has 2 saturated heterocycles. The summed E-state index contributed by atoms with van der Waals surface area (Å²) in [4.78, 5) is 16.9. The van der Waals surface area contributed by atoms with Crippen molar-refractivity contribution < 1.29 is 23.7 Å². The third kappa shape index (κ3) is 7.17. The zero-order valence-corrected chi connectivity index (χ0v) is 23.4. The van der Waals surface area contributed by atoms with Crippen molar-refractivity contribution >= 4 is 40.9 Å². The molecule has 2 aliphatic heterocycles. The molecule has 1 amide bonds. The molecule has 0 bridgehead atoms. The van der Waals surface area contributed by atoms with Gasteiger partial charge in [0.05, 0.1) is 5.02 Å². The Labute approximate surface area is 244 Å². The lowest BCUT2D eigenvalue weighted by molar-refractivity contribution is -0.126. The van der Waals surface area contributed by atoms with Gasteiger partial charge >= 0.3 is 0 Å². The molecule has 2 heterocycles. The van der Waals surface area contributed by atoms with Crippen molar-refractivity contribution in [3.8, 4) is 11.5 Å². The molecule has 40 heavy (non-hydrogen) atoms. The quantitative estimate of drug-likeness (QED) is 0.216. The van der Waals surface area contributed by atoms with Gasteiger partial charge in [0, 0.05) is 48.5 Å². The van der Waals surface area contributed by atoms with Gasteiger partial charge in [-0.2, -0.15) is 0 Å². The fourth-order valence-corrected chi connectivity index (χ4v) is 5.01. The fraction of sp³-hybridized carbons (Fsp3) is 0.258. The highest BCUT2D eigenvalue weighted by Crippen LogP contribution is 2.34. The highest BCUT2D eigenvalue weighted by Gasteiger charge is 2.30. The summed E-state index contributed by atoms with van der Waals surface area (Å²) < 4.78 is 23.1. The van der Waals surface area contributed by atoms with Gasteiger partial charge in [-0.05, 0) is 60.2 Å². The first-order chi connectivity index (χ1) is 19.5. The van der Waals surface area contributed by atoms with E-state index in [0.717, 1.165) is 30.1 Å². The van der Waals surface area contributed by atoms with Crippen molar-refractivity contribution in [2.75, 3.05) is 44.3 Å². The average molecular weight is 581 g/mol. The lowest BCUT2D eigenvalue weighted by atomic mass is 10.2. The Bertz CT molecular complexity index is 1360. The molecule has 7 nitrogen and oxygen atoms in total. The maximum Gasteiger partial charge on any atom is 0.246 e. The Hall–Kier alpha value is -3.49. The predicted molar refractivity (Wildman–Crippen MR) is 157 cm³/mol. The highest BCUT2D eigenvalue weighted by atomic mass is 35.5. The van der Waals surface area contributed by atoms with E-state index < -0.39 is 12.6 Å². The van der Waals surface area contributed by atoms with Crippen LogP contribution in [0.4, 0.5) is 5.69 Å². The number of hydrogen-bond acceptors (Lipinski definition) is 6. The summed E-state index contributed by atoms with van der Waals surface area (Å²) in [6, 6.07) is 20.7. The van der Waals surface area contributed by atoms with Gasteiger partial charge in [-0.15, -0.1) is 0 Å². The number of piperazine rings is 1. The molecular weight excluding hydrogens is 551 g/mol. The third-order valence-electron chi connectivity index (χ3n) is 6.58. The number of hydrogen-bond donors (Lipinski definition) is 0. The van der Waals surface area contributed by atoms with Gasteiger partial charge in [-0.1, -0.05) is 54.1 Å². The van der Waals surface area contributed by atoms with Crippen LogP contribution in [0.1, 0.15) is 17.4 Å². The van der Waals surface area contributed by atoms with Gasteiger partial charge in [-0.25, -0.2) is 0 Å². The van der Waals surface area contributed by atoms with Crippen LogP contribution in [0.15, 0.2) is 85.5 Å². The van der Waals surface area contributed by atoms with Crippen molar-refractivity contribution in [3.63, 3.8) is 0 Å². The molecule has 2 unspecified atom stereocenters. The summed E-state index contributed by atoms with van der Waals surface area (Å²) >= 11 is 12.3. The van der Waals surface area contributed by atoms with Gasteiger partial charge in [0.15, 0.2) is 6.29 Å². The van der Waals surface area contributed by atoms with E-state index in [1.807, 2.05) is 59.5 Å². The van der Waals surface area contributed by atoms with Gasteiger partial charge < -0.3 is 28.7 Å². The van der Waals surface area contributed by atoms with Crippen molar-refractivity contribution in [3.05, 3.63) is 107 Å². The minimum absolute atomic E-state index is 0.00205. The lowest BCUT2D eigenvalue weighted by Crippen LogP contribution is -2.48. The molecule has 0 aliphatic carbocycles. The highest BCUT2D eigenvalue weighted by molar-refractivity contribution is 6.35. The average Bonchev–Trinajstić information content (AvgIpc) is 3.43. The van der Waals surface area contributed by atoms with E-state index >= 15 is 0 Å². The summed E-state index contributed by atoms with van der Waals surface area (Å²) in [5.74, 6) is 1.42. The molecule has 0 spiro atoms. The van der Waals surface area contributed by atoms with E-state index in [1.165, 1.54) is 0 Å². The molecule has 0 aromatic heterocycles. The molecule has 2 atom stereocenters. The van der Waals surface area contributed by atoms with E-state index in [4.69, 9.17) is 42.1 Å². The van der Waals surface area contributed by atoms with Crippen LogP contribution in [0.2, 0.25) is 10.0 Å². The maximum absolute atomic E-state index is 12.8. The van der Waals surface area contributed by atoms with Crippen LogP contribution in [0.25, 0.3) is 6.08 Å². The van der Waals surface area contributed by atoms with Gasteiger partial charge in [0.1, 0.15) is 24.7 Å². The van der Waals surface area contributed by atoms with Gasteiger partial charge in [0.2, 0.25) is 12.2 Å². The summed E-state index contributed by atoms with van der Waals surface area (Å²) in [7, 11) is 0. The van der Waals surface area contributed by atoms with E-state index in [1.54, 1.807) is 30.4 Å². The topological polar surface area (TPSA) is 60.5 Å². The molecule has 2 fully saturated rings. The Kier molecular flexibility index (Phi) is 9.29. The predicted octanol–water partition coefficient (Wildman–Crippen LogP) is 6.37. The second-order valence-electron chi connectivity index (χ2n) is 9.33. The molecule has 2 aliphatic rings. The SMILES string of the molecule is C=CCOc1cccc(/C=C/C(=O)N2CCN(c3ccc(OC4COC(c5ccc(Cl)cc5Cl)O4)cc3)CC2)c1. The molecule has 3 aromatic rings. The summed E-state index contributed by atoms with van der Waals surface area (Å²) in [6.07, 6.45) is 3.98. The van der Waals surface area contributed by atoms with Crippen LogP contribution < -0.4 is 14.4 Å². The second-order valence-corrected chi connectivity index (χ2v) is 10.2. The number of amides is 1. The van der Waals surface area contributed by atoms with E-state index in [9.17, 15) is 4.79 Å². The normalized spacial score (nSPS) is 19.1. The number of rotatable bonds is 9. The third-order valence-corrected chi connectivity index (χ3v) is 7.14. The first-order valence-corrected chi connectivity index (χ1v) is 13.8. The number of carbonyl (C=O) groups excluding carboxylic acids is 1. The van der Waals surface area contributed by atoms with E-state index in [0.29, 0.717) is 41.1 Å².